The summed E-state index contributed by atoms with van der Waals surface area (Å²) in [6, 6.07) is 0. The van der Waals surface area contributed by atoms with Crippen molar-refractivity contribution in [3.05, 3.63) is 0 Å². The van der Waals surface area contributed by atoms with Crippen LogP contribution in [0.25, 0.3) is 0 Å². The van der Waals surface area contributed by atoms with E-state index in [9.17, 15) is 4.79 Å². The second-order valence-corrected chi connectivity index (χ2v) is 4.29. The highest BCUT2D eigenvalue weighted by molar-refractivity contribution is 5.37. The van der Waals surface area contributed by atoms with E-state index in [0.29, 0.717) is 6.47 Å². The molecule has 2 atom stereocenters. The summed E-state index contributed by atoms with van der Waals surface area (Å²) < 4.78 is 4.55. The predicted octanol–water partition coefficient (Wildman–Crippen LogP) is 0.189. The second-order valence-electron chi connectivity index (χ2n) is 4.29. The Bertz CT molecular complexity index is 169. The SMILES string of the molecule is C1CN2CC2N1.CC(C)(C)OC=O. The minimum absolute atomic E-state index is 0.318. The first-order chi connectivity index (χ1) is 6.03. The molecule has 0 saturated carbocycles. The Morgan fingerprint density at radius 1 is 1.54 bits per heavy atom. The van der Waals surface area contributed by atoms with Crippen molar-refractivity contribution in [2.24, 2.45) is 0 Å². The van der Waals surface area contributed by atoms with Crippen LogP contribution in [0.2, 0.25) is 0 Å². The standard InChI is InChI=1S/C5H10O2.C4H8N2/c1-5(2,3)7-4-6;1-2-6-3-4(6)5-1/h4H,1-3H3;4-5H,1-3H2. The van der Waals surface area contributed by atoms with Crippen LogP contribution < -0.4 is 5.32 Å². The first-order valence-electron chi connectivity index (χ1n) is 4.62. The summed E-state index contributed by atoms with van der Waals surface area (Å²) in [5, 5.41) is 3.32. The molecule has 2 heterocycles. The fourth-order valence-corrected chi connectivity index (χ4v) is 1.13. The molecule has 0 spiro atoms. The van der Waals surface area contributed by atoms with Crippen LogP contribution in [-0.4, -0.2) is 42.8 Å². The molecule has 13 heavy (non-hydrogen) atoms. The third kappa shape index (κ3) is 4.24. The van der Waals surface area contributed by atoms with E-state index in [0.717, 1.165) is 6.17 Å². The number of carbonyl (C=O) groups excluding carboxylic acids is 1. The minimum Gasteiger partial charge on any atom is -0.462 e. The molecule has 0 amide bonds. The van der Waals surface area contributed by atoms with Gasteiger partial charge in [-0.15, -0.1) is 0 Å². The monoisotopic (exact) mass is 186 g/mol. The van der Waals surface area contributed by atoms with Gasteiger partial charge < -0.3 is 4.74 Å². The van der Waals surface area contributed by atoms with Crippen LogP contribution in [0, 0.1) is 0 Å². The summed E-state index contributed by atoms with van der Waals surface area (Å²) in [6.45, 7) is 9.72. The molecule has 2 aliphatic rings. The van der Waals surface area contributed by atoms with Crippen molar-refractivity contribution in [1.82, 2.24) is 10.2 Å². The number of ether oxygens (including phenoxy) is 1. The van der Waals surface area contributed by atoms with Gasteiger partial charge in [0.25, 0.3) is 6.47 Å². The Kier molecular flexibility index (Phi) is 3.27. The van der Waals surface area contributed by atoms with Gasteiger partial charge in [0.05, 0.1) is 6.17 Å². The zero-order valence-electron chi connectivity index (χ0n) is 8.54. The van der Waals surface area contributed by atoms with Gasteiger partial charge in [0, 0.05) is 19.6 Å². The number of carbonyl (C=O) groups is 1. The van der Waals surface area contributed by atoms with Gasteiger partial charge in [0.15, 0.2) is 0 Å². The average Bonchev–Trinajstić information content (AvgIpc) is 2.58. The highest BCUT2D eigenvalue weighted by Crippen LogP contribution is 2.16. The maximum atomic E-state index is 9.60. The molecule has 0 radical (unpaired) electrons. The van der Waals surface area contributed by atoms with Crippen molar-refractivity contribution in [3.63, 3.8) is 0 Å². The maximum Gasteiger partial charge on any atom is 0.293 e. The molecule has 4 heteroatoms. The lowest BCUT2D eigenvalue weighted by molar-refractivity contribution is -0.138. The predicted molar refractivity (Wildman–Crippen MR) is 50.3 cm³/mol. The Morgan fingerprint density at radius 3 is 2.31 bits per heavy atom. The van der Waals surface area contributed by atoms with E-state index in [-0.39, 0.29) is 5.60 Å². The molecule has 0 aromatic heterocycles. The third-order valence-electron chi connectivity index (χ3n) is 1.90. The summed E-state index contributed by atoms with van der Waals surface area (Å²) in [4.78, 5) is 12.0. The molecule has 2 unspecified atom stereocenters. The van der Waals surface area contributed by atoms with Gasteiger partial charge in [-0.3, -0.25) is 15.0 Å². The van der Waals surface area contributed by atoms with Crippen LogP contribution in [0.15, 0.2) is 0 Å². The Balaban J connectivity index is 0.000000130. The molecule has 76 valence electrons. The summed E-state index contributed by atoms with van der Waals surface area (Å²) in [7, 11) is 0. The lowest BCUT2D eigenvalue weighted by Crippen LogP contribution is -2.17. The molecule has 2 saturated heterocycles. The second kappa shape index (κ2) is 4.07. The van der Waals surface area contributed by atoms with E-state index in [1.165, 1.54) is 19.6 Å². The first kappa shape index (κ1) is 10.5. The lowest BCUT2D eigenvalue weighted by Gasteiger charge is -2.14. The maximum absolute atomic E-state index is 9.60. The van der Waals surface area contributed by atoms with Crippen LogP contribution >= 0.6 is 0 Å². The van der Waals surface area contributed by atoms with Gasteiger partial charge in [0.2, 0.25) is 0 Å². The normalized spacial score (nSPS) is 29.8. The molecular formula is C9H18N2O2. The molecule has 0 aromatic rings. The van der Waals surface area contributed by atoms with Gasteiger partial charge in [-0.05, 0) is 20.8 Å². The van der Waals surface area contributed by atoms with Gasteiger partial charge in [-0.1, -0.05) is 0 Å². The average molecular weight is 186 g/mol. The van der Waals surface area contributed by atoms with Crippen molar-refractivity contribution >= 4 is 6.47 Å². The van der Waals surface area contributed by atoms with Gasteiger partial charge >= 0.3 is 0 Å². The van der Waals surface area contributed by atoms with Crippen molar-refractivity contribution in [2.75, 3.05) is 19.6 Å². The number of nitrogens with one attached hydrogen (secondary N) is 1. The van der Waals surface area contributed by atoms with Crippen molar-refractivity contribution in [3.8, 4) is 0 Å². The van der Waals surface area contributed by atoms with E-state index in [1.807, 2.05) is 20.8 Å². The van der Waals surface area contributed by atoms with Crippen LogP contribution in [0.1, 0.15) is 20.8 Å². The summed E-state index contributed by atoms with van der Waals surface area (Å²) in [5.41, 5.74) is -0.318. The zero-order valence-corrected chi connectivity index (χ0v) is 8.54. The molecule has 1 N–H and O–H groups in total. The molecule has 2 rings (SSSR count). The molecule has 4 nitrogen and oxygen atoms in total. The number of hydrogen-bond acceptors (Lipinski definition) is 4. The van der Waals surface area contributed by atoms with Gasteiger partial charge in [-0.2, -0.15) is 0 Å². The Labute approximate surface area is 79.2 Å². The van der Waals surface area contributed by atoms with E-state index in [2.05, 4.69) is 15.0 Å². The fourth-order valence-electron chi connectivity index (χ4n) is 1.13. The van der Waals surface area contributed by atoms with E-state index in [1.54, 1.807) is 0 Å². The zero-order chi connectivity index (χ0) is 9.90. The molecule has 0 aromatic carbocycles. The van der Waals surface area contributed by atoms with E-state index >= 15 is 0 Å². The summed E-state index contributed by atoms with van der Waals surface area (Å²) >= 11 is 0. The molecule has 0 aliphatic carbocycles. The van der Waals surface area contributed by atoms with E-state index < -0.39 is 0 Å². The molecule has 0 bridgehead atoms. The largest absolute Gasteiger partial charge is 0.462 e. The highest BCUT2D eigenvalue weighted by Gasteiger charge is 2.37. The van der Waals surface area contributed by atoms with Crippen molar-refractivity contribution < 1.29 is 9.53 Å². The number of rotatable bonds is 1. The third-order valence-corrected chi connectivity index (χ3v) is 1.90. The first-order valence-corrected chi connectivity index (χ1v) is 4.62. The van der Waals surface area contributed by atoms with Gasteiger partial charge in [-0.25, -0.2) is 0 Å². The molecular weight excluding hydrogens is 168 g/mol. The van der Waals surface area contributed by atoms with Crippen LogP contribution in [0.3, 0.4) is 0 Å². The quantitative estimate of drug-likeness (QED) is 0.469. The summed E-state index contributed by atoms with van der Waals surface area (Å²) in [5.74, 6) is 0. The van der Waals surface area contributed by atoms with Crippen molar-refractivity contribution in [2.45, 2.75) is 32.5 Å². The highest BCUT2D eigenvalue weighted by atomic mass is 16.5. The summed E-state index contributed by atoms with van der Waals surface area (Å²) in [6.07, 6.45) is 0.796. The van der Waals surface area contributed by atoms with Crippen LogP contribution in [0.4, 0.5) is 0 Å². The lowest BCUT2D eigenvalue weighted by atomic mass is 10.2. The Morgan fingerprint density at radius 2 is 2.23 bits per heavy atom. The number of hydrogen-bond donors (Lipinski definition) is 1. The minimum atomic E-state index is -0.318. The smallest absolute Gasteiger partial charge is 0.293 e. The molecule has 2 aliphatic heterocycles. The topological polar surface area (TPSA) is 41.3 Å². The number of piperazine rings is 1. The molecule has 2 fully saturated rings. The van der Waals surface area contributed by atoms with E-state index in [4.69, 9.17) is 0 Å². The van der Waals surface area contributed by atoms with Crippen LogP contribution in [-0.2, 0) is 9.53 Å². The van der Waals surface area contributed by atoms with Gasteiger partial charge in [0.1, 0.15) is 5.60 Å². The Hall–Kier alpha value is -0.610. The van der Waals surface area contributed by atoms with Crippen LogP contribution in [0.5, 0.6) is 0 Å². The number of fused-ring (bicyclic) bond motifs is 1. The fraction of sp³-hybridized carbons (Fsp3) is 0.889. The van der Waals surface area contributed by atoms with Crippen molar-refractivity contribution in [1.29, 1.82) is 0 Å². The number of nitrogens with zero attached hydrogens (tertiary/aromatic N) is 1.